The molecule has 2 saturated heterocycles. The molecule has 0 aliphatic carbocycles. The van der Waals surface area contributed by atoms with Gasteiger partial charge in [0.05, 0.1) is 43.0 Å². The summed E-state index contributed by atoms with van der Waals surface area (Å²) in [6, 6.07) is 18.2. The topological polar surface area (TPSA) is 590 Å². The zero-order valence-corrected chi connectivity index (χ0v) is 77.4. The lowest BCUT2D eigenvalue weighted by Gasteiger charge is -2.37. The van der Waals surface area contributed by atoms with Gasteiger partial charge in [0.1, 0.15) is 84.2 Å². The normalized spacial score (nSPS) is 17.0. The molecule has 6 aromatic carbocycles. The van der Waals surface area contributed by atoms with Gasteiger partial charge >= 0.3 is 5.97 Å². The molecular formula is C95H119F2N17O22S. The first-order valence-corrected chi connectivity index (χ1v) is 45.7. The Kier molecular flexibility index (Phi) is 40.0. The summed E-state index contributed by atoms with van der Waals surface area (Å²) in [6.07, 6.45) is -4.06. The van der Waals surface area contributed by atoms with E-state index in [0.717, 1.165) is 48.3 Å². The third kappa shape index (κ3) is 30.6. The van der Waals surface area contributed by atoms with E-state index < -0.39 is 241 Å². The number of likely N-dealkylation sites (tertiary alicyclic amines) is 2. The first kappa shape index (κ1) is 107. The predicted octanol–water partition coefficient (Wildman–Crippen LogP) is -0.822. The first-order chi connectivity index (χ1) is 65.3. The van der Waals surface area contributed by atoms with Gasteiger partial charge in [0.2, 0.25) is 82.7 Å². The number of carboxylic acid groups (broad SMARTS) is 1. The number of aliphatic hydroxyl groups excluding tert-OH is 2. The number of aldehydes is 1. The van der Waals surface area contributed by atoms with E-state index in [0.29, 0.717) is 51.2 Å². The zero-order chi connectivity index (χ0) is 100. The van der Waals surface area contributed by atoms with E-state index in [-0.39, 0.29) is 94.5 Å². The van der Waals surface area contributed by atoms with E-state index in [9.17, 15) is 82.7 Å². The van der Waals surface area contributed by atoms with Crippen LogP contribution in [0.4, 0.5) is 8.78 Å². The second kappa shape index (κ2) is 51.2. The van der Waals surface area contributed by atoms with Crippen LogP contribution in [0.1, 0.15) is 85.8 Å². The average molecular weight is 1920 g/mol. The van der Waals surface area contributed by atoms with Gasteiger partial charge in [-0.2, -0.15) is 0 Å². The largest absolute Gasteiger partial charge is 0.508 e. The third-order valence-electron chi connectivity index (χ3n) is 23.8. The smallest absolute Gasteiger partial charge is 0.305 e. The number of amides is 14. The number of aromatic hydroxyl groups is 2. The summed E-state index contributed by atoms with van der Waals surface area (Å²) < 4.78 is 35.3. The number of β-amino-alcohol motifs (C(OH)–C–C–N with tert-alkyl or cyclic N) is 2. The number of nitrogens with zero attached hydrogens (tertiary/aromatic N) is 5. The quantitative estimate of drug-likeness (QED) is 0.0207. The number of thioether (sulfide) groups is 1. The number of nitrogens with two attached hydrogens (primary N) is 3. The lowest BCUT2D eigenvalue weighted by atomic mass is 9.99. The Morgan fingerprint density at radius 2 is 1.06 bits per heavy atom. The fourth-order valence-corrected chi connectivity index (χ4v) is 17.1. The Bertz CT molecular complexity index is 5400. The number of nitrogens with one attached hydrogen (secondary N) is 9. The van der Waals surface area contributed by atoms with Crippen molar-refractivity contribution >= 4 is 118 Å². The van der Waals surface area contributed by atoms with E-state index >= 15 is 28.4 Å². The molecule has 0 saturated carbocycles. The molecule has 0 bridgehead atoms. The molecule has 0 unspecified atom stereocenters. The van der Waals surface area contributed by atoms with Gasteiger partial charge in [0.25, 0.3) is 0 Å². The number of benzene rings is 6. The number of fused-ring (bicyclic) bond motifs is 1. The summed E-state index contributed by atoms with van der Waals surface area (Å²) in [6.45, 7) is 1.27. The summed E-state index contributed by atoms with van der Waals surface area (Å²) in [5.41, 5.74) is 21.1. The van der Waals surface area contributed by atoms with Crippen LogP contribution < -0.4 is 59.7 Å². The van der Waals surface area contributed by atoms with Crippen molar-refractivity contribution in [2.45, 2.75) is 182 Å². The molecule has 2 fully saturated rings. The second-order valence-electron chi connectivity index (χ2n) is 34.3. The molecule has 1 aromatic heterocycles. The van der Waals surface area contributed by atoms with Crippen LogP contribution in [0.2, 0.25) is 0 Å². The molecule has 39 nitrogen and oxygen atoms in total. The van der Waals surface area contributed by atoms with Gasteiger partial charge in [-0.15, -0.1) is 11.8 Å². The molecule has 0 spiro atoms. The summed E-state index contributed by atoms with van der Waals surface area (Å²) in [7, 11) is 5.07. The molecule has 0 radical (unpaired) electrons. The van der Waals surface area contributed by atoms with Crippen LogP contribution in [0, 0.1) is 17.6 Å². The Morgan fingerprint density at radius 3 is 1.63 bits per heavy atom. The number of rotatable bonds is 50. The van der Waals surface area contributed by atoms with Gasteiger partial charge in [0.15, 0.2) is 11.6 Å². The highest BCUT2D eigenvalue weighted by Gasteiger charge is 2.48. The van der Waals surface area contributed by atoms with Crippen molar-refractivity contribution in [3.8, 4) is 11.5 Å². The number of hydrogen-bond donors (Lipinski definition) is 17. The molecule has 15 atom stereocenters. The molecular weight excluding hydrogens is 1800 g/mol. The van der Waals surface area contributed by atoms with Crippen LogP contribution in [-0.4, -0.2) is 313 Å². The number of carbonyl (C=O) groups excluding carboxylic acids is 15. The highest BCUT2D eigenvalue weighted by atomic mass is 32.2. The number of carbonyl (C=O) groups is 16. The van der Waals surface area contributed by atoms with Gasteiger partial charge < -0.3 is 124 Å². The number of primary amides is 1. The molecule has 2 aliphatic heterocycles. The first-order valence-electron chi connectivity index (χ1n) is 44.5. The van der Waals surface area contributed by atoms with Crippen molar-refractivity contribution in [2.75, 3.05) is 72.5 Å². The SMILES string of the molecule is COCC[C@@H](C(=O)N1C[C@@H](O)C[C@@H]1C(=O)N[C@@H](CC(=O)O)C(=O)N[C@H](C(=O)N(C)[C@H](C=O)Cc1ccccc1)C(C)C)N(C)C(=O)[C@H](Cc1ccccc1)N(C)C(=O)[C@H](Cc1ccc(F)c(F)c1)NC(=O)CSC[C@H](NC(=O)[C@H](CCCN)NC(=O)[C@H](Cc1ccc(O)cc1)NC(=O)[C@H](Cc1c[nH]c2ccccc12)NC(=O)[C@H]1C[C@H](O)CN1C(=O)[C@@H](N)Cc1ccc(O)cc1)C(=O)NCC(N)=O. The van der Waals surface area contributed by atoms with Gasteiger partial charge in [-0.05, 0) is 114 Å². The average Bonchev–Trinajstić information content (AvgIpc) is 1.75. The Hall–Kier alpha value is -13.8. The van der Waals surface area contributed by atoms with Crippen LogP contribution >= 0.6 is 11.8 Å². The van der Waals surface area contributed by atoms with Gasteiger partial charge in [-0.25, -0.2) is 8.78 Å². The van der Waals surface area contributed by atoms with Crippen LogP contribution in [0.25, 0.3) is 10.9 Å². The number of aliphatic carboxylic acids is 1. The Balaban J connectivity index is 0.929. The highest BCUT2D eigenvalue weighted by Crippen LogP contribution is 2.28. The van der Waals surface area contributed by atoms with E-state index in [4.69, 9.17) is 21.9 Å². The fraction of sp³-hybridized carbons (Fsp3) is 0.432. The van der Waals surface area contributed by atoms with E-state index in [1.54, 1.807) is 117 Å². The maximum absolute atomic E-state index is 15.6. The van der Waals surface area contributed by atoms with Crippen molar-refractivity contribution in [3.63, 3.8) is 0 Å². The minimum Gasteiger partial charge on any atom is -0.508 e. The maximum Gasteiger partial charge on any atom is 0.305 e. The highest BCUT2D eigenvalue weighted by molar-refractivity contribution is 8.00. The zero-order valence-electron chi connectivity index (χ0n) is 76.6. The standard InChI is InChI=1S/C95H119F2N17O22S/c1-53(2)83(95(135)110(3)60(50-115)36-54-16-9-7-10-17-54)109-88(128)73(45-82(122)123)107-90(130)78-44-64(119)49-114(78)94(134)76(33-35-136-6)111(4)93(133)79(41-55-18-11-8-12-19-55)112(5)92(132)74(40-58-27-32-66(96)67(97)37-58)103-81(121)52-137-51-75(84(124)102-47-80(100)120)108-85(125)70(22-15-34-98)104-86(126)71(39-57-25-30-62(117)31-26-57)105-87(127)72(42-59-46-101-69-21-14-13-20-65(59)69)106-89(129)77-43-63(118)48-113(77)91(131)68(99)38-56-23-28-61(116)29-24-56/h7-14,16-21,23-32,37,46,50,53,60,63-64,68,70-79,83,101,116-119H,15,22,33-36,38-45,47-49,51-52,98-99H2,1-6H3,(H2,100,120)(H,102,124)(H,103,121)(H,104,126)(H,105,127)(H,106,129)(H,107,130)(H,108,125)(H,109,128)(H,122,123)/t60-,63-,64-,68-,70-,71-,72-,73-,74-,75-,76-,77+,78+,79-,83-/m0/s1. The number of halogens is 2. The predicted molar refractivity (Wildman–Crippen MR) is 497 cm³/mol. The number of aromatic amines is 1. The molecule has 9 rings (SSSR count). The minimum atomic E-state index is -1.91. The molecule has 20 N–H and O–H groups in total. The van der Waals surface area contributed by atoms with E-state index in [1.165, 1.54) is 64.7 Å². The van der Waals surface area contributed by atoms with Crippen molar-refractivity contribution in [3.05, 3.63) is 203 Å². The van der Waals surface area contributed by atoms with Crippen molar-refractivity contribution in [1.82, 2.24) is 72.0 Å². The molecule has 7 aromatic rings. The summed E-state index contributed by atoms with van der Waals surface area (Å²) in [5.74, 6) is -19.8. The number of aromatic nitrogens is 1. The molecule has 2 aliphatic rings. The lowest BCUT2D eigenvalue weighted by molar-refractivity contribution is -0.153. The van der Waals surface area contributed by atoms with Gasteiger partial charge in [-0.3, -0.25) is 71.9 Å². The number of carboxylic acids is 1. The number of phenolic OH excluding ortho intramolecular Hbond substituents is 2. The van der Waals surface area contributed by atoms with Crippen LogP contribution in [0.15, 0.2) is 158 Å². The number of aliphatic hydroxyl groups is 2. The number of para-hydroxylation sites is 1. The monoisotopic (exact) mass is 1920 g/mol. The molecule has 736 valence electrons. The fourth-order valence-electron chi connectivity index (χ4n) is 16.2. The third-order valence-corrected chi connectivity index (χ3v) is 24.8. The van der Waals surface area contributed by atoms with Crippen molar-refractivity contribution in [1.29, 1.82) is 0 Å². The van der Waals surface area contributed by atoms with Crippen molar-refractivity contribution < 1.29 is 116 Å². The number of methoxy groups -OCH3 is 1. The molecule has 3 heterocycles. The number of phenols is 2. The number of ether oxygens (including phenoxy) is 1. The Morgan fingerprint density at radius 1 is 0.547 bits per heavy atom. The number of likely N-dealkylation sites (N-methyl/N-ethyl adjacent to an activating group) is 3. The lowest BCUT2D eigenvalue weighted by Crippen LogP contribution is -2.61. The maximum atomic E-state index is 15.6. The molecule has 42 heteroatoms. The molecule has 137 heavy (non-hydrogen) atoms. The van der Waals surface area contributed by atoms with Crippen molar-refractivity contribution in [2.24, 2.45) is 23.1 Å². The van der Waals surface area contributed by atoms with Crippen LogP contribution in [0.5, 0.6) is 11.5 Å². The van der Waals surface area contributed by atoms with E-state index in [1.807, 2.05) is 0 Å². The minimum absolute atomic E-state index is 0.0129. The van der Waals surface area contributed by atoms with Gasteiger partial charge in [0, 0.05) is 116 Å². The van der Waals surface area contributed by atoms with E-state index in [2.05, 4.69) is 47.5 Å². The molecule has 14 amide bonds. The summed E-state index contributed by atoms with van der Waals surface area (Å²) >= 11 is 0.679. The number of hydrogen-bond acceptors (Lipinski definition) is 24. The summed E-state index contributed by atoms with van der Waals surface area (Å²) in [4.78, 5) is 237. The second-order valence-corrected chi connectivity index (χ2v) is 35.3. The van der Waals surface area contributed by atoms with Crippen LogP contribution in [-0.2, 0) is 120 Å². The van der Waals surface area contributed by atoms with Gasteiger partial charge in [-0.1, -0.05) is 123 Å². The summed E-state index contributed by atoms with van der Waals surface area (Å²) in [5, 5.41) is 73.6. The van der Waals surface area contributed by atoms with Crippen LogP contribution in [0.3, 0.4) is 0 Å². The number of H-pyrrole nitrogens is 1. The Labute approximate surface area is 793 Å².